The molecule has 4 aromatic rings. The van der Waals surface area contributed by atoms with Gasteiger partial charge in [-0.25, -0.2) is 0 Å². The normalized spacial score (nSPS) is 15.5. The van der Waals surface area contributed by atoms with Gasteiger partial charge in [0.1, 0.15) is 12.4 Å². The van der Waals surface area contributed by atoms with Crippen molar-refractivity contribution < 1.29 is 23.5 Å². The number of carbonyl (C=O) groups is 1. The van der Waals surface area contributed by atoms with E-state index in [4.69, 9.17) is 18.7 Å². The summed E-state index contributed by atoms with van der Waals surface area (Å²) in [4.78, 5) is 19.8. The van der Waals surface area contributed by atoms with Crippen LogP contribution in [0.25, 0.3) is 11.4 Å². The largest absolute Gasteiger partial charge is 0.493 e. The lowest BCUT2D eigenvalue weighted by Crippen LogP contribution is -2.40. The summed E-state index contributed by atoms with van der Waals surface area (Å²) in [5.41, 5.74) is 2.63. The van der Waals surface area contributed by atoms with Crippen LogP contribution in [-0.2, 0) is 17.9 Å². The number of rotatable bonds is 10. The van der Waals surface area contributed by atoms with Crippen molar-refractivity contribution in [2.24, 2.45) is 5.92 Å². The second-order valence-corrected chi connectivity index (χ2v) is 9.44. The van der Waals surface area contributed by atoms with Gasteiger partial charge in [-0.3, -0.25) is 9.69 Å². The zero-order chi connectivity index (χ0) is 27.0. The second kappa shape index (κ2) is 12.4. The lowest BCUT2D eigenvalue weighted by molar-refractivity contribution is -0.121. The van der Waals surface area contributed by atoms with E-state index in [2.05, 4.69) is 20.4 Å². The molecule has 1 unspecified atom stereocenters. The van der Waals surface area contributed by atoms with E-state index in [-0.39, 0.29) is 11.8 Å². The van der Waals surface area contributed by atoms with Gasteiger partial charge in [0.15, 0.2) is 11.5 Å². The monoisotopic (exact) mass is 528 g/mol. The van der Waals surface area contributed by atoms with Gasteiger partial charge in [-0.15, -0.1) is 0 Å². The number of nitrogens with one attached hydrogen (secondary N) is 1. The average molecular weight is 529 g/mol. The van der Waals surface area contributed by atoms with Crippen molar-refractivity contribution in [2.45, 2.75) is 26.0 Å². The first-order chi connectivity index (χ1) is 19.1. The number of carbonyl (C=O) groups excluding carboxylic acids is 1. The Kier molecular flexibility index (Phi) is 8.38. The van der Waals surface area contributed by atoms with Gasteiger partial charge in [0.25, 0.3) is 0 Å². The summed E-state index contributed by atoms with van der Waals surface area (Å²) in [5, 5.41) is 7.18. The van der Waals surface area contributed by atoms with Crippen LogP contribution in [0.3, 0.4) is 0 Å². The molecule has 202 valence electrons. The zero-order valence-corrected chi connectivity index (χ0v) is 22.1. The van der Waals surface area contributed by atoms with E-state index in [1.54, 1.807) is 14.2 Å². The van der Waals surface area contributed by atoms with E-state index in [0.717, 1.165) is 42.0 Å². The molecule has 1 aliphatic heterocycles. The van der Waals surface area contributed by atoms with Gasteiger partial charge in [-0.05, 0) is 67.4 Å². The molecule has 1 atom stereocenters. The van der Waals surface area contributed by atoms with Crippen molar-refractivity contribution in [1.82, 2.24) is 15.0 Å². The predicted molar refractivity (Wildman–Crippen MR) is 147 cm³/mol. The average Bonchev–Trinajstić information content (AvgIpc) is 3.45. The van der Waals surface area contributed by atoms with Crippen molar-refractivity contribution >= 4 is 11.6 Å². The highest BCUT2D eigenvalue weighted by Crippen LogP contribution is 2.31. The minimum absolute atomic E-state index is 0.00852. The summed E-state index contributed by atoms with van der Waals surface area (Å²) in [6.07, 6.45) is 1.75. The molecule has 0 aliphatic carbocycles. The SMILES string of the molecule is COc1ccc(-c2noc(CN3CCCC(C(=O)Nc4ccc(OCc5ccccc5)cc4)C3)n2)cc1OC. The van der Waals surface area contributed by atoms with Crippen LogP contribution in [0.4, 0.5) is 5.69 Å². The molecular weight excluding hydrogens is 496 g/mol. The lowest BCUT2D eigenvalue weighted by atomic mass is 9.97. The molecule has 9 heteroatoms. The predicted octanol–water partition coefficient (Wildman–Crippen LogP) is 5.18. The van der Waals surface area contributed by atoms with Crippen molar-refractivity contribution in [3.8, 4) is 28.6 Å². The minimum atomic E-state index is -0.124. The third-order valence-corrected chi connectivity index (χ3v) is 6.72. The van der Waals surface area contributed by atoms with Crippen LogP contribution in [0.2, 0.25) is 0 Å². The van der Waals surface area contributed by atoms with E-state index in [1.807, 2.05) is 72.8 Å². The van der Waals surface area contributed by atoms with Crippen molar-refractivity contribution in [2.75, 3.05) is 32.6 Å². The molecular formula is C30H32N4O5. The van der Waals surface area contributed by atoms with E-state index in [9.17, 15) is 4.79 Å². The molecule has 3 aromatic carbocycles. The molecule has 1 amide bonds. The number of hydrogen-bond donors (Lipinski definition) is 1. The van der Waals surface area contributed by atoms with E-state index in [0.29, 0.717) is 42.9 Å². The van der Waals surface area contributed by atoms with E-state index >= 15 is 0 Å². The Hall–Kier alpha value is -4.37. The summed E-state index contributed by atoms with van der Waals surface area (Å²) < 4.78 is 22.0. The molecule has 1 N–H and O–H groups in total. The number of ether oxygens (including phenoxy) is 3. The lowest BCUT2D eigenvalue weighted by Gasteiger charge is -2.30. The number of hydrogen-bond acceptors (Lipinski definition) is 8. The quantitative estimate of drug-likeness (QED) is 0.301. The smallest absolute Gasteiger partial charge is 0.241 e. The Morgan fingerprint density at radius 2 is 1.82 bits per heavy atom. The van der Waals surface area contributed by atoms with E-state index < -0.39 is 0 Å². The first-order valence-corrected chi connectivity index (χ1v) is 13.0. The molecule has 0 radical (unpaired) electrons. The number of anilines is 1. The van der Waals surface area contributed by atoms with Gasteiger partial charge >= 0.3 is 0 Å². The zero-order valence-electron chi connectivity index (χ0n) is 22.1. The van der Waals surface area contributed by atoms with Crippen LogP contribution in [0.15, 0.2) is 77.3 Å². The second-order valence-electron chi connectivity index (χ2n) is 9.44. The van der Waals surface area contributed by atoms with Crippen LogP contribution in [0.1, 0.15) is 24.3 Å². The Morgan fingerprint density at radius 3 is 2.59 bits per heavy atom. The maximum atomic E-state index is 13.0. The van der Waals surface area contributed by atoms with Crippen molar-refractivity contribution in [3.63, 3.8) is 0 Å². The standard InChI is InChI=1S/C30H32N4O5/c1-36-26-15-10-22(17-27(26)37-2)29-32-28(39-33-29)19-34-16-6-9-23(18-34)30(35)31-24-11-13-25(14-12-24)38-20-21-7-4-3-5-8-21/h3-5,7-8,10-15,17,23H,6,9,16,18-20H2,1-2H3,(H,31,35). The summed E-state index contributed by atoms with van der Waals surface area (Å²) in [7, 11) is 3.18. The minimum Gasteiger partial charge on any atom is -0.493 e. The number of nitrogens with zero attached hydrogens (tertiary/aromatic N) is 3. The number of amides is 1. The number of likely N-dealkylation sites (tertiary alicyclic amines) is 1. The van der Waals surface area contributed by atoms with Gasteiger partial charge in [-0.2, -0.15) is 4.98 Å². The molecule has 39 heavy (non-hydrogen) atoms. The number of aromatic nitrogens is 2. The fraction of sp³-hybridized carbons (Fsp3) is 0.300. The number of benzene rings is 3. The molecule has 1 fully saturated rings. The molecule has 0 spiro atoms. The highest BCUT2D eigenvalue weighted by molar-refractivity contribution is 5.92. The van der Waals surface area contributed by atoms with Gasteiger partial charge in [0, 0.05) is 17.8 Å². The molecule has 1 aliphatic rings. The molecule has 2 heterocycles. The molecule has 1 aromatic heterocycles. The third-order valence-electron chi connectivity index (χ3n) is 6.72. The highest BCUT2D eigenvalue weighted by Gasteiger charge is 2.27. The Balaban J connectivity index is 1.13. The van der Waals surface area contributed by atoms with Crippen LogP contribution in [0.5, 0.6) is 17.2 Å². The fourth-order valence-corrected chi connectivity index (χ4v) is 4.64. The number of methoxy groups -OCH3 is 2. The van der Waals surface area contributed by atoms with Crippen molar-refractivity contribution in [3.05, 3.63) is 84.3 Å². The van der Waals surface area contributed by atoms with Crippen LogP contribution in [-0.4, -0.2) is 48.3 Å². The van der Waals surface area contributed by atoms with Crippen LogP contribution < -0.4 is 19.5 Å². The first-order valence-electron chi connectivity index (χ1n) is 13.0. The van der Waals surface area contributed by atoms with Gasteiger partial charge < -0.3 is 24.1 Å². The Morgan fingerprint density at radius 1 is 1.03 bits per heavy atom. The molecule has 9 nitrogen and oxygen atoms in total. The summed E-state index contributed by atoms with van der Waals surface area (Å²) in [6, 6.07) is 23.0. The van der Waals surface area contributed by atoms with Crippen LogP contribution >= 0.6 is 0 Å². The van der Waals surface area contributed by atoms with Crippen LogP contribution in [0, 0.1) is 5.92 Å². The topological polar surface area (TPSA) is 99.0 Å². The van der Waals surface area contributed by atoms with Gasteiger partial charge in [0.2, 0.25) is 17.6 Å². The molecule has 5 rings (SSSR count). The summed E-state index contributed by atoms with van der Waals surface area (Å²) >= 11 is 0. The van der Waals surface area contributed by atoms with Gasteiger partial charge in [0.05, 0.1) is 26.7 Å². The number of piperidine rings is 1. The van der Waals surface area contributed by atoms with Gasteiger partial charge in [-0.1, -0.05) is 35.5 Å². The van der Waals surface area contributed by atoms with E-state index in [1.165, 1.54) is 0 Å². The third kappa shape index (κ3) is 6.74. The maximum Gasteiger partial charge on any atom is 0.241 e. The van der Waals surface area contributed by atoms with Crippen molar-refractivity contribution in [1.29, 1.82) is 0 Å². The highest BCUT2D eigenvalue weighted by atomic mass is 16.5. The summed E-state index contributed by atoms with van der Waals surface area (Å²) in [6.45, 7) is 2.47. The fourth-order valence-electron chi connectivity index (χ4n) is 4.64. The summed E-state index contributed by atoms with van der Waals surface area (Å²) in [5.74, 6) is 2.86. The molecule has 1 saturated heterocycles. The Labute approximate surface area is 227 Å². The first kappa shape index (κ1) is 26.2. The molecule has 0 saturated carbocycles. The molecule has 0 bridgehead atoms. The maximum absolute atomic E-state index is 13.0. The Bertz CT molecular complexity index is 1370.